The van der Waals surface area contributed by atoms with E-state index >= 15 is 0 Å². The first-order valence-electron chi connectivity index (χ1n) is 4.86. The van der Waals surface area contributed by atoms with E-state index in [1.165, 1.54) is 0 Å². The molecule has 0 radical (unpaired) electrons. The van der Waals surface area contributed by atoms with E-state index in [2.05, 4.69) is 24.6 Å². The van der Waals surface area contributed by atoms with Crippen LogP contribution in [0, 0.1) is 11.5 Å². The van der Waals surface area contributed by atoms with Gasteiger partial charge in [0, 0.05) is 12.2 Å². The molecule has 0 saturated carbocycles. The van der Waals surface area contributed by atoms with Gasteiger partial charge in [-0.25, -0.2) is 0 Å². The molecular weight excluding hydrogens is 188 g/mol. The SMILES string of the molecule is CCO[Si](C)(C)C#Cc1ccccc1. The summed E-state index contributed by atoms with van der Waals surface area (Å²) in [4.78, 5) is 0. The van der Waals surface area contributed by atoms with Crippen molar-refractivity contribution in [2.45, 2.75) is 20.0 Å². The van der Waals surface area contributed by atoms with Gasteiger partial charge in [-0.2, -0.15) is 0 Å². The largest absolute Gasteiger partial charge is 0.406 e. The van der Waals surface area contributed by atoms with E-state index in [-0.39, 0.29) is 0 Å². The molecule has 0 fully saturated rings. The lowest BCUT2D eigenvalue weighted by atomic mass is 10.2. The van der Waals surface area contributed by atoms with Crippen LogP contribution in [0.15, 0.2) is 30.3 Å². The van der Waals surface area contributed by atoms with Crippen molar-refractivity contribution in [3.8, 4) is 11.5 Å². The molecule has 1 aromatic carbocycles. The second-order valence-corrected chi connectivity index (χ2v) is 7.12. The highest BCUT2D eigenvalue weighted by molar-refractivity contribution is 6.79. The topological polar surface area (TPSA) is 9.23 Å². The number of rotatable bonds is 2. The highest BCUT2D eigenvalue weighted by Crippen LogP contribution is 2.03. The third kappa shape index (κ3) is 3.78. The van der Waals surface area contributed by atoms with Crippen molar-refractivity contribution in [3.63, 3.8) is 0 Å². The summed E-state index contributed by atoms with van der Waals surface area (Å²) in [6.07, 6.45) is 0. The molecule has 74 valence electrons. The van der Waals surface area contributed by atoms with Crippen LogP contribution in [0.5, 0.6) is 0 Å². The lowest BCUT2D eigenvalue weighted by molar-refractivity contribution is 0.340. The van der Waals surface area contributed by atoms with E-state index in [1.807, 2.05) is 37.3 Å². The summed E-state index contributed by atoms with van der Waals surface area (Å²) in [5.74, 6) is 3.16. The van der Waals surface area contributed by atoms with Gasteiger partial charge in [0.25, 0.3) is 8.32 Å². The van der Waals surface area contributed by atoms with Gasteiger partial charge in [0.2, 0.25) is 0 Å². The smallest absolute Gasteiger partial charge is 0.266 e. The summed E-state index contributed by atoms with van der Waals surface area (Å²) in [5, 5.41) is 0. The zero-order chi connectivity index (χ0) is 10.4. The third-order valence-corrected chi connectivity index (χ3v) is 3.52. The van der Waals surface area contributed by atoms with E-state index in [0.29, 0.717) is 0 Å². The monoisotopic (exact) mass is 204 g/mol. The fourth-order valence-electron chi connectivity index (χ4n) is 1.14. The molecule has 0 unspecified atom stereocenters. The molecule has 0 spiro atoms. The molecule has 0 aliphatic carbocycles. The standard InChI is InChI=1S/C12H16OSi/c1-4-13-14(2,3)11-10-12-8-6-5-7-9-12/h5-9H,4H2,1-3H3. The summed E-state index contributed by atoms with van der Waals surface area (Å²) < 4.78 is 5.62. The van der Waals surface area contributed by atoms with Gasteiger partial charge in [-0.05, 0) is 32.2 Å². The van der Waals surface area contributed by atoms with Gasteiger partial charge in [-0.1, -0.05) is 29.7 Å². The first kappa shape index (κ1) is 11.0. The third-order valence-electron chi connectivity index (χ3n) is 1.79. The molecule has 0 aliphatic heterocycles. The molecule has 1 aromatic rings. The summed E-state index contributed by atoms with van der Waals surface area (Å²) in [6, 6.07) is 10.0. The van der Waals surface area contributed by atoms with Gasteiger partial charge in [0.1, 0.15) is 0 Å². The van der Waals surface area contributed by atoms with Gasteiger partial charge in [0.15, 0.2) is 0 Å². The Balaban J connectivity index is 2.73. The molecule has 0 bridgehead atoms. The van der Waals surface area contributed by atoms with Crippen LogP contribution in [-0.2, 0) is 4.43 Å². The van der Waals surface area contributed by atoms with Gasteiger partial charge < -0.3 is 4.43 Å². The second kappa shape index (κ2) is 4.99. The molecule has 14 heavy (non-hydrogen) atoms. The van der Waals surface area contributed by atoms with Crippen molar-refractivity contribution in [1.29, 1.82) is 0 Å². The molecular formula is C12H16OSi. The predicted octanol–water partition coefficient (Wildman–Crippen LogP) is 2.82. The zero-order valence-electron chi connectivity index (χ0n) is 9.00. The molecule has 1 nitrogen and oxygen atoms in total. The van der Waals surface area contributed by atoms with Crippen LogP contribution >= 0.6 is 0 Å². The first-order chi connectivity index (χ1) is 6.64. The Kier molecular flexibility index (Phi) is 3.93. The summed E-state index contributed by atoms with van der Waals surface area (Å²) in [6.45, 7) is 7.00. The van der Waals surface area contributed by atoms with Crippen LogP contribution in [-0.4, -0.2) is 14.9 Å². The van der Waals surface area contributed by atoms with Crippen LogP contribution in [0.2, 0.25) is 13.1 Å². The molecule has 0 heterocycles. The van der Waals surface area contributed by atoms with E-state index in [1.54, 1.807) is 0 Å². The average molecular weight is 204 g/mol. The number of hydrogen-bond acceptors (Lipinski definition) is 1. The maximum Gasteiger partial charge on any atom is 0.266 e. The number of hydrogen-bond donors (Lipinski definition) is 0. The van der Waals surface area contributed by atoms with E-state index in [0.717, 1.165) is 12.2 Å². The minimum absolute atomic E-state index is 0.753. The highest BCUT2D eigenvalue weighted by Gasteiger charge is 2.17. The van der Waals surface area contributed by atoms with Gasteiger partial charge in [-0.3, -0.25) is 0 Å². The summed E-state index contributed by atoms with van der Waals surface area (Å²) >= 11 is 0. The van der Waals surface area contributed by atoms with Crippen LogP contribution in [0.25, 0.3) is 0 Å². The van der Waals surface area contributed by atoms with Crippen molar-refractivity contribution in [1.82, 2.24) is 0 Å². The molecule has 1 rings (SSSR count). The zero-order valence-corrected chi connectivity index (χ0v) is 10.0. The van der Waals surface area contributed by atoms with E-state index in [9.17, 15) is 0 Å². The lowest BCUT2D eigenvalue weighted by Gasteiger charge is -2.13. The van der Waals surface area contributed by atoms with E-state index < -0.39 is 8.32 Å². The maximum absolute atomic E-state index is 5.62. The normalized spacial score (nSPS) is 10.5. The predicted molar refractivity (Wildman–Crippen MR) is 62.4 cm³/mol. The molecule has 0 aromatic heterocycles. The van der Waals surface area contributed by atoms with Gasteiger partial charge >= 0.3 is 0 Å². The molecule has 2 heteroatoms. The Labute approximate surface area is 87.2 Å². The van der Waals surface area contributed by atoms with Gasteiger partial charge in [-0.15, -0.1) is 0 Å². The highest BCUT2D eigenvalue weighted by atomic mass is 28.4. The van der Waals surface area contributed by atoms with Crippen molar-refractivity contribution in [2.75, 3.05) is 6.61 Å². The van der Waals surface area contributed by atoms with Crippen molar-refractivity contribution < 1.29 is 4.43 Å². The van der Waals surface area contributed by atoms with Crippen molar-refractivity contribution in [2.24, 2.45) is 0 Å². The molecule has 0 aliphatic rings. The van der Waals surface area contributed by atoms with Crippen LogP contribution in [0.3, 0.4) is 0 Å². The Hall–Kier alpha value is -1.04. The van der Waals surface area contributed by atoms with Crippen molar-refractivity contribution >= 4 is 8.32 Å². The molecule has 0 atom stereocenters. The molecule has 0 N–H and O–H groups in total. The minimum atomic E-state index is -1.75. The molecule has 0 saturated heterocycles. The second-order valence-electron chi connectivity index (χ2n) is 3.56. The van der Waals surface area contributed by atoms with Gasteiger partial charge in [0.05, 0.1) is 0 Å². The lowest BCUT2D eigenvalue weighted by Crippen LogP contribution is -2.28. The van der Waals surface area contributed by atoms with Crippen LogP contribution in [0.1, 0.15) is 12.5 Å². The quantitative estimate of drug-likeness (QED) is 0.532. The Morgan fingerprint density at radius 3 is 2.43 bits per heavy atom. The van der Waals surface area contributed by atoms with Crippen LogP contribution in [0.4, 0.5) is 0 Å². The summed E-state index contributed by atoms with van der Waals surface area (Å²) in [7, 11) is -1.75. The fraction of sp³-hybridized carbons (Fsp3) is 0.333. The Morgan fingerprint density at radius 2 is 1.86 bits per heavy atom. The minimum Gasteiger partial charge on any atom is -0.406 e. The summed E-state index contributed by atoms with van der Waals surface area (Å²) in [5.41, 5.74) is 4.31. The fourth-order valence-corrected chi connectivity index (χ4v) is 2.38. The maximum atomic E-state index is 5.62. The first-order valence-corrected chi connectivity index (χ1v) is 7.77. The van der Waals surface area contributed by atoms with Crippen molar-refractivity contribution in [3.05, 3.63) is 35.9 Å². The Bertz CT molecular complexity index is 332. The Morgan fingerprint density at radius 1 is 1.21 bits per heavy atom. The molecule has 0 amide bonds. The average Bonchev–Trinajstić information content (AvgIpc) is 2.17. The number of benzene rings is 1. The van der Waals surface area contributed by atoms with Crippen LogP contribution < -0.4 is 0 Å². The van der Waals surface area contributed by atoms with E-state index in [4.69, 9.17) is 4.43 Å².